The van der Waals surface area contributed by atoms with Crippen molar-refractivity contribution >= 4 is 39.1 Å². The first-order valence-electron chi connectivity index (χ1n) is 5.29. The number of ether oxygens (including phenoxy) is 1. The molecular formula is C11H12BrNO4S. The van der Waals surface area contributed by atoms with E-state index in [0.29, 0.717) is 18.0 Å². The number of aliphatic carboxylic acids is 1. The second-order valence-corrected chi connectivity index (χ2v) is 6.16. The SMILES string of the molecule is CC1(OCC(=O)O)CN(C(=O)c2sccc2Br)C1. The Balaban J connectivity index is 1.91. The molecule has 18 heavy (non-hydrogen) atoms. The first-order chi connectivity index (χ1) is 8.41. The maximum atomic E-state index is 12.1. The third-order valence-corrected chi connectivity index (χ3v) is 4.52. The number of nitrogens with zero attached hydrogens (tertiary/aromatic N) is 1. The van der Waals surface area contributed by atoms with Gasteiger partial charge in [-0.2, -0.15) is 0 Å². The van der Waals surface area contributed by atoms with Crippen LogP contribution in [-0.2, 0) is 9.53 Å². The van der Waals surface area contributed by atoms with Crippen molar-refractivity contribution in [3.63, 3.8) is 0 Å². The Morgan fingerprint density at radius 2 is 2.28 bits per heavy atom. The number of likely N-dealkylation sites (tertiary alicyclic amines) is 1. The molecule has 2 rings (SSSR count). The van der Waals surface area contributed by atoms with Gasteiger partial charge in [-0.3, -0.25) is 4.79 Å². The van der Waals surface area contributed by atoms with Crippen molar-refractivity contribution in [3.8, 4) is 0 Å². The topological polar surface area (TPSA) is 66.8 Å². The molecule has 7 heteroatoms. The quantitative estimate of drug-likeness (QED) is 0.912. The Morgan fingerprint density at radius 1 is 1.61 bits per heavy atom. The van der Waals surface area contributed by atoms with Crippen LogP contribution in [0.5, 0.6) is 0 Å². The molecular weight excluding hydrogens is 322 g/mol. The summed E-state index contributed by atoms with van der Waals surface area (Å²) in [6.07, 6.45) is 0. The number of thiophene rings is 1. The van der Waals surface area contributed by atoms with Crippen LogP contribution in [0.25, 0.3) is 0 Å². The molecule has 98 valence electrons. The van der Waals surface area contributed by atoms with Crippen molar-refractivity contribution in [1.29, 1.82) is 0 Å². The molecule has 1 saturated heterocycles. The van der Waals surface area contributed by atoms with Gasteiger partial charge >= 0.3 is 5.97 Å². The van der Waals surface area contributed by atoms with Crippen LogP contribution in [0.3, 0.4) is 0 Å². The Kier molecular flexibility index (Phi) is 3.74. The smallest absolute Gasteiger partial charge is 0.329 e. The summed E-state index contributed by atoms with van der Waals surface area (Å²) in [5, 5.41) is 10.4. The molecule has 1 N–H and O–H groups in total. The molecule has 1 aromatic heterocycles. The van der Waals surface area contributed by atoms with Gasteiger partial charge in [0.15, 0.2) is 0 Å². The number of hydrogen-bond donors (Lipinski definition) is 1. The van der Waals surface area contributed by atoms with E-state index < -0.39 is 11.6 Å². The molecule has 0 atom stereocenters. The first kappa shape index (κ1) is 13.5. The molecule has 1 fully saturated rings. The van der Waals surface area contributed by atoms with Gasteiger partial charge in [0.1, 0.15) is 17.1 Å². The third-order valence-electron chi connectivity index (χ3n) is 2.69. The highest BCUT2D eigenvalue weighted by Crippen LogP contribution is 2.30. The predicted octanol–water partition coefficient (Wildman–Crippen LogP) is 1.83. The van der Waals surface area contributed by atoms with E-state index in [1.165, 1.54) is 11.3 Å². The van der Waals surface area contributed by atoms with Gasteiger partial charge in [0, 0.05) is 4.47 Å². The van der Waals surface area contributed by atoms with E-state index in [-0.39, 0.29) is 12.5 Å². The number of carbonyl (C=O) groups excluding carboxylic acids is 1. The lowest BCUT2D eigenvalue weighted by atomic mass is 9.96. The molecule has 0 aliphatic carbocycles. The summed E-state index contributed by atoms with van der Waals surface area (Å²) >= 11 is 4.70. The molecule has 0 radical (unpaired) electrons. The number of carbonyl (C=O) groups is 2. The zero-order valence-corrected chi connectivity index (χ0v) is 12.1. The fourth-order valence-electron chi connectivity index (χ4n) is 1.82. The van der Waals surface area contributed by atoms with Gasteiger partial charge in [-0.05, 0) is 34.3 Å². The Morgan fingerprint density at radius 3 is 2.78 bits per heavy atom. The predicted molar refractivity (Wildman–Crippen MR) is 69.9 cm³/mol. The summed E-state index contributed by atoms with van der Waals surface area (Å²) in [5.41, 5.74) is -0.544. The van der Waals surface area contributed by atoms with Crippen LogP contribution < -0.4 is 0 Å². The van der Waals surface area contributed by atoms with Crippen molar-refractivity contribution in [2.45, 2.75) is 12.5 Å². The average molecular weight is 334 g/mol. The molecule has 0 unspecified atom stereocenters. The van der Waals surface area contributed by atoms with E-state index in [1.807, 2.05) is 18.4 Å². The second-order valence-electron chi connectivity index (χ2n) is 4.39. The number of amides is 1. The van der Waals surface area contributed by atoms with E-state index in [2.05, 4.69) is 15.9 Å². The van der Waals surface area contributed by atoms with Gasteiger partial charge in [-0.1, -0.05) is 0 Å². The minimum Gasteiger partial charge on any atom is -0.480 e. The lowest BCUT2D eigenvalue weighted by Crippen LogP contribution is -2.63. The van der Waals surface area contributed by atoms with Crippen molar-refractivity contribution in [2.24, 2.45) is 0 Å². The highest BCUT2D eigenvalue weighted by molar-refractivity contribution is 9.10. The average Bonchev–Trinajstić information content (AvgIpc) is 2.68. The normalized spacial score (nSPS) is 17.3. The number of carboxylic acid groups (broad SMARTS) is 1. The van der Waals surface area contributed by atoms with E-state index in [0.717, 1.165) is 4.47 Å². The molecule has 1 aromatic rings. The molecule has 1 aliphatic heterocycles. The molecule has 1 amide bonds. The lowest BCUT2D eigenvalue weighted by Gasteiger charge is -2.47. The van der Waals surface area contributed by atoms with Gasteiger partial charge in [0.25, 0.3) is 5.91 Å². The van der Waals surface area contributed by atoms with Crippen LogP contribution in [-0.4, -0.2) is 47.2 Å². The van der Waals surface area contributed by atoms with Crippen LogP contribution >= 0.6 is 27.3 Å². The van der Waals surface area contributed by atoms with E-state index in [9.17, 15) is 9.59 Å². The number of rotatable bonds is 4. The minimum atomic E-state index is -0.998. The van der Waals surface area contributed by atoms with E-state index in [4.69, 9.17) is 9.84 Å². The first-order valence-corrected chi connectivity index (χ1v) is 6.96. The van der Waals surface area contributed by atoms with Crippen LogP contribution in [0.2, 0.25) is 0 Å². The molecule has 0 bridgehead atoms. The molecule has 5 nitrogen and oxygen atoms in total. The Labute approximate surface area is 116 Å². The molecule has 0 spiro atoms. The molecule has 2 heterocycles. The number of carboxylic acids is 1. The summed E-state index contributed by atoms with van der Waals surface area (Å²) < 4.78 is 6.04. The lowest BCUT2D eigenvalue weighted by molar-refractivity contribution is -0.159. The highest BCUT2D eigenvalue weighted by atomic mass is 79.9. The van der Waals surface area contributed by atoms with Crippen molar-refractivity contribution in [1.82, 2.24) is 4.90 Å². The summed E-state index contributed by atoms with van der Waals surface area (Å²) in [5.74, 6) is -1.05. The van der Waals surface area contributed by atoms with Crippen molar-refractivity contribution in [2.75, 3.05) is 19.7 Å². The van der Waals surface area contributed by atoms with Gasteiger partial charge in [-0.15, -0.1) is 11.3 Å². The third kappa shape index (κ3) is 2.73. The van der Waals surface area contributed by atoms with Gasteiger partial charge in [0.2, 0.25) is 0 Å². The molecule has 0 saturated carbocycles. The van der Waals surface area contributed by atoms with Crippen LogP contribution in [0, 0.1) is 0 Å². The minimum absolute atomic E-state index is 0.0479. The fourth-order valence-corrected chi connectivity index (χ4v) is 3.33. The summed E-state index contributed by atoms with van der Waals surface area (Å²) in [6.45, 7) is 2.32. The Bertz CT molecular complexity index is 481. The summed E-state index contributed by atoms with van der Waals surface area (Å²) in [6, 6.07) is 1.83. The van der Waals surface area contributed by atoms with E-state index in [1.54, 1.807) is 4.90 Å². The molecule has 1 aliphatic rings. The largest absolute Gasteiger partial charge is 0.480 e. The van der Waals surface area contributed by atoms with Crippen LogP contribution in [0.4, 0.5) is 0 Å². The summed E-state index contributed by atoms with van der Waals surface area (Å²) in [7, 11) is 0. The van der Waals surface area contributed by atoms with Gasteiger partial charge < -0.3 is 14.7 Å². The number of hydrogen-bond acceptors (Lipinski definition) is 4. The monoisotopic (exact) mass is 333 g/mol. The highest BCUT2D eigenvalue weighted by Gasteiger charge is 2.43. The maximum absolute atomic E-state index is 12.1. The zero-order valence-electron chi connectivity index (χ0n) is 9.68. The van der Waals surface area contributed by atoms with Crippen molar-refractivity contribution < 1.29 is 19.4 Å². The van der Waals surface area contributed by atoms with Gasteiger partial charge in [-0.25, -0.2) is 4.79 Å². The van der Waals surface area contributed by atoms with E-state index >= 15 is 0 Å². The van der Waals surface area contributed by atoms with Crippen LogP contribution in [0.15, 0.2) is 15.9 Å². The standard InChI is InChI=1S/C11H12BrNO4S/c1-11(17-4-8(14)15)5-13(6-11)10(16)9-7(12)2-3-18-9/h2-3H,4-6H2,1H3,(H,14,15). The van der Waals surface area contributed by atoms with Crippen LogP contribution in [0.1, 0.15) is 16.6 Å². The molecule has 0 aromatic carbocycles. The fraction of sp³-hybridized carbons (Fsp3) is 0.455. The zero-order chi connectivity index (χ0) is 13.3. The van der Waals surface area contributed by atoms with Gasteiger partial charge in [0.05, 0.1) is 13.1 Å². The Hall–Kier alpha value is -0.920. The second kappa shape index (κ2) is 4.99. The maximum Gasteiger partial charge on any atom is 0.329 e. The van der Waals surface area contributed by atoms with Crippen molar-refractivity contribution in [3.05, 3.63) is 20.8 Å². The summed E-state index contributed by atoms with van der Waals surface area (Å²) in [4.78, 5) is 24.8. The number of halogens is 1.